The van der Waals surface area contributed by atoms with Crippen LogP contribution in [0.15, 0.2) is 18.2 Å². The summed E-state index contributed by atoms with van der Waals surface area (Å²) in [5.41, 5.74) is 1.12. The Morgan fingerprint density at radius 1 is 1.20 bits per heavy atom. The number of benzene rings is 1. The highest BCUT2D eigenvalue weighted by Crippen LogP contribution is 2.27. The first-order chi connectivity index (χ1) is 9.65. The van der Waals surface area contributed by atoms with E-state index in [1.807, 2.05) is 25.1 Å². The molecule has 1 rings (SSSR count). The van der Waals surface area contributed by atoms with E-state index in [0.29, 0.717) is 24.5 Å². The van der Waals surface area contributed by atoms with Crippen molar-refractivity contribution in [1.82, 2.24) is 5.32 Å². The Morgan fingerprint density at radius 3 is 2.45 bits per heavy atom. The van der Waals surface area contributed by atoms with Crippen molar-refractivity contribution in [1.29, 1.82) is 0 Å². The van der Waals surface area contributed by atoms with Crippen molar-refractivity contribution in [3.63, 3.8) is 0 Å². The number of methoxy groups -OCH3 is 3. The standard InChI is InChI=1S/C15H23NO4/c1-5-12(15(17)20-4)16-9-8-11-6-7-13(18-2)14(10-11)19-3/h6-7,10,12,16H,5,8-9H2,1-4H3. The Kier molecular flexibility index (Phi) is 6.87. The van der Waals surface area contributed by atoms with Crippen molar-refractivity contribution >= 4 is 5.97 Å². The van der Waals surface area contributed by atoms with Gasteiger partial charge in [0.25, 0.3) is 0 Å². The summed E-state index contributed by atoms with van der Waals surface area (Å²) in [7, 11) is 4.63. The van der Waals surface area contributed by atoms with Gasteiger partial charge < -0.3 is 19.5 Å². The minimum absolute atomic E-state index is 0.222. The molecule has 0 heterocycles. The molecule has 0 amide bonds. The molecule has 0 bridgehead atoms. The zero-order valence-electron chi connectivity index (χ0n) is 12.6. The number of ether oxygens (including phenoxy) is 3. The van der Waals surface area contributed by atoms with Crippen molar-refractivity contribution in [2.24, 2.45) is 0 Å². The first-order valence-electron chi connectivity index (χ1n) is 6.68. The molecule has 0 aromatic heterocycles. The van der Waals surface area contributed by atoms with Crippen LogP contribution in [0.5, 0.6) is 11.5 Å². The third-order valence-electron chi connectivity index (χ3n) is 3.15. The summed E-state index contributed by atoms with van der Waals surface area (Å²) in [6.45, 7) is 2.65. The maximum absolute atomic E-state index is 11.4. The zero-order valence-corrected chi connectivity index (χ0v) is 12.6. The quantitative estimate of drug-likeness (QED) is 0.736. The second-order valence-corrected chi connectivity index (χ2v) is 4.38. The monoisotopic (exact) mass is 281 g/mol. The Morgan fingerprint density at radius 2 is 1.90 bits per heavy atom. The van der Waals surface area contributed by atoms with Crippen LogP contribution in [0.4, 0.5) is 0 Å². The molecule has 0 radical (unpaired) electrons. The average Bonchev–Trinajstić information content (AvgIpc) is 2.50. The summed E-state index contributed by atoms with van der Waals surface area (Å²) in [6.07, 6.45) is 1.51. The SMILES string of the molecule is CCC(NCCc1ccc(OC)c(OC)c1)C(=O)OC. The molecule has 0 aliphatic rings. The van der Waals surface area contributed by atoms with Gasteiger partial charge in [0.05, 0.1) is 21.3 Å². The molecular formula is C15H23NO4. The number of hydrogen-bond acceptors (Lipinski definition) is 5. The molecule has 0 fully saturated rings. The Hall–Kier alpha value is -1.75. The maximum Gasteiger partial charge on any atom is 0.322 e. The topological polar surface area (TPSA) is 56.8 Å². The van der Waals surface area contributed by atoms with Crippen LogP contribution < -0.4 is 14.8 Å². The van der Waals surface area contributed by atoms with E-state index in [2.05, 4.69) is 5.32 Å². The fourth-order valence-electron chi connectivity index (χ4n) is 1.96. The Bertz CT molecular complexity index is 434. The van der Waals surface area contributed by atoms with E-state index in [4.69, 9.17) is 14.2 Å². The van der Waals surface area contributed by atoms with Gasteiger partial charge in [0.15, 0.2) is 11.5 Å². The normalized spacial score (nSPS) is 11.8. The van der Waals surface area contributed by atoms with E-state index in [9.17, 15) is 4.79 Å². The number of esters is 1. The number of hydrogen-bond donors (Lipinski definition) is 1. The van der Waals surface area contributed by atoms with Gasteiger partial charge in [-0.25, -0.2) is 0 Å². The molecule has 20 heavy (non-hydrogen) atoms. The van der Waals surface area contributed by atoms with Crippen LogP contribution in [-0.4, -0.2) is 39.9 Å². The van der Waals surface area contributed by atoms with Crippen LogP contribution in [0.3, 0.4) is 0 Å². The van der Waals surface area contributed by atoms with Gasteiger partial charge in [-0.1, -0.05) is 13.0 Å². The summed E-state index contributed by atoms with van der Waals surface area (Å²) in [5, 5.41) is 3.19. The summed E-state index contributed by atoms with van der Waals surface area (Å²) < 4.78 is 15.2. The van der Waals surface area contributed by atoms with Gasteiger partial charge in [0, 0.05) is 0 Å². The third-order valence-corrected chi connectivity index (χ3v) is 3.15. The lowest BCUT2D eigenvalue weighted by Gasteiger charge is -2.15. The number of nitrogens with one attached hydrogen (secondary N) is 1. The van der Waals surface area contributed by atoms with Gasteiger partial charge in [-0.05, 0) is 37.1 Å². The first kappa shape index (κ1) is 16.3. The molecule has 0 aliphatic carbocycles. The van der Waals surface area contributed by atoms with E-state index < -0.39 is 0 Å². The molecule has 1 aromatic carbocycles. The largest absolute Gasteiger partial charge is 0.493 e. The lowest BCUT2D eigenvalue weighted by molar-refractivity contribution is -0.143. The first-order valence-corrected chi connectivity index (χ1v) is 6.68. The average molecular weight is 281 g/mol. The molecule has 0 spiro atoms. The van der Waals surface area contributed by atoms with Crippen LogP contribution in [-0.2, 0) is 16.0 Å². The number of rotatable bonds is 8. The fourth-order valence-corrected chi connectivity index (χ4v) is 1.96. The lowest BCUT2D eigenvalue weighted by Crippen LogP contribution is -2.38. The molecule has 1 atom stereocenters. The second-order valence-electron chi connectivity index (χ2n) is 4.38. The van der Waals surface area contributed by atoms with Crippen molar-refractivity contribution in [2.75, 3.05) is 27.9 Å². The van der Waals surface area contributed by atoms with Gasteiger partial charge in [-0.2, -0.15) is 0 Å². The minimum Gasteiger partial charge on any atom is -0.493 e. The minimum atomic E-state index is -0.250. The van der Waals surface area contributed by atoms with Crippen molar-refractivity contribution in [3.05, 3.63) is 23.8 Å². The third kappa shape index (κ3) is 4.42. The molecule has 1 aromatic rings. The van der Waals surface area contributed by atoms with Crippen LogP contribution in [0, 0.1) is 0 Å². The highest BCUT2D eigenvalue weighted by Gasteiger charge is 2.15. The van der Waals surface area contributed by atoms with E-state index in [-0.39, 0.29) is 12.0 Å². The molecule has 0 saturated carbocycles. The highest BCUT2D eigenvalue weighted by atomic mass is 16.5. The van der Waals surface area contributed by atoms with Crippen LogP contribution in [0.1, 0.15) is 18.9 Å². The smallest absolute Gasteiger partial charge is 0.322 e. The summed E-state index contributed by atoms with van der Waals surface area (Å²) in [5.74, 6) is 1.20. The number of carbonyl (C=O) groups excluding carboxylic acids is 1. The lowest BCUT2D eigenvalue weighted by atomic mass is 10.1. The molecule has 1 unspecified atom stereocenters. The van der Waals surface area contributed by atoms with Crippen LogP contribution in [0.25, 0.3) is 0 Å². The molecule has 5 nitrogen and oxygen atoms in total. The predicted octanol–water partition coefficient (Wildman–Crippen LogP) is 1.79. The van der Waals surface area contributed by atoms with E-state index >= 15 is 0 Å². The molecule has 0 saturated heterocycles. The number of carbonyl (C=O) groups is 1. The molecule has 0 aliphatic heterocycles. The van der Waals surface area contributed by atoms with Gasteiger partial charge in [-0.3, -0.25) is 4.79 Å². The molecular weight excluding hydrogens is 258 g/mol. The second kappa shape index (κ2) is 8.43. The van der Waals surface area contributed by atoms with E-state index in [1.54, 1.807) is 14.2 Å². The summed E-state index contributed by atoms with van der Waals surface area (Å²) >= 11 is 0. The van der Waals surface area contributed by atoms with Crippen molar-refractivity contribution in [3.8, 4) is 11.5 Å². The van der Waals surface area contributed by atoms with Gasteiger partial charge >= 0.3 is 5.97 Å². The van der Waals surface area contributed by atoms with Gasteiger partial charge in [0.1, 0.15) is 6.04 Å². The van der Waals surface area contributed by atoms with Crippen molar-refractivity contribution in [2.45, 2.75) is 25.8 Å². The Labute approximate surface area is 120 Å². The van der Waals surface area contributed by atoms with E-state index in [1.165, 1.54) is 7.11 Å². The highest BCUT2D eigenvalue weighted by molar-refractivity contribution is 5.75. The van der Waals surface area contributed by atoms with Crippen LogP contribution in [0.2, 0.25) is 0 Å². The van der Waals surface area contributed by atoms with Gasteiger partial charge in [0.2, 0.25) is 0 Å². The van der Waals surface area contributed by atoms with E-state index in [0.717, 1.165) is 12.0 Å². The predicted molar refractivity (Wildman–Crippen MR) is 77.3 cm³/mol. The van der Waals surface area contributed by atoms with Crippen molar-refractivity contribution < 1.29 is 19.0 Å². The zero-order chi connectivity index (χ0) is 15.0. The maximum atomic E-state index is 11.4. The molecule has 1 N–H and O–H groups in total. The fraction of sp³-hybridized carbons (Fsp3) is 0.533. The molecule has 5 heteroatoms. The Balaban J connectivity index is 2.55. The summed E-state index contributed by atoms with van der Waals surface area (Å²) in [4.78, 5) is 11.4. The molecule has 112 valence electrons. The summed E-state index contributed by atoms with van der Waals surface area (Å²) in [6, 6.07) is 5.56. The van der Waals surface area contributed by atoms with Gasteiger partial charge in [-0.15, -0.1) is 0 Å². The van der Waals surface area contributed by atoms with Crippen LogP contribution >= 0.6 is 0 Å².